The van der Waals surface area contributed by atoms with E-state index in [4.69, 9.17) is 4.74 Å². The van der Waals surface area contributed by atoms with Crippen LogP contribution >= 0.6 is 11.3 Å². The van der Waals surface area contributed by atoms with Crippen LogP contribution in [0.5, 0.6) is 0 Å². The molecule has 4 heteroatoms. The van der Waals surface area contributed by atoms with E-state index in [-0.39, 0.29) is 5.97 Å². The van der Waals surface area contributed by atoms with Crippen LogP contribution in [0.1, 0.15) is 53.9 Å². The number of methoxy groups -OCH3 is 1. The number of esters is 1. The molecule has 1 fully saturated rings. The van der Waals surface area contributed by atoms with Gasteiger partial charge in [-0.2, -0.15) is 0 Å². The van der Waals surface area contributed by atoms with E-state index in [1.165, 1.54) is 60.7 Å². The molecule has 0 saturated heterocycles. The first-order valence-electron chi connectivity index (χ1n) is 8.95. The van der Waals surface area contributed by atoms with Crippen molar-refractivity contribution in [2.75, 3.05) is 7.11 Å². The molecule has 0 radical (unpaired) electrons. The smallest absolute Gasteiger partial charge is 0.337 e. The van der Waals surface area contributed by atoms with Crippen molar-refractivity contribution in [3.05, 3.63) is 46.8 Å². The first-order valence-corrected chi connectivity index (χ1v) is 9.83. The van der Waals surface area contributed by atoms with E-state index in [2.05, 4.69) is 35.2 Å². The van der Waals surface area contributed by atoms with E-state index in [0.717, 1.165) is 5.52 Å². The highest BCUT2D eigenvalue weighted by Crippen LogP contribution is 2.44. The first-order chi connectivity index (χ1) is 12.2. The minimum Gasteiger partial charge on any atom is -0.465 e. The molecule has 2 aromatic heterocycles. The molecule has 0 N–H and O–H groups in total. The lowest BCUT2D eigenvalue weighted by Crippen LogP contribution is -2.05. The first kappa shape index (κ1) is 16.4. The van der Waals surface area contributed by atoms with Crippen LogP contribution in [0.2, 0.25) is 0 Å². The van der Waals surface area contributed by atoms with Crippen molar-refractivity contribution >= 4 is 28.2 Å². The number of rotatable bonds is 3. The number of hydrogen-bond acceptors (Lipinski definition) is 3. The largest absolute Gasteiger partial charge is 0.465 e. The third kappa shape index (κ3) is 2.78. The number of thiophene rings is 1. The maximum absolute atomic E-state index is 12.0. The summed E-state index contributed by atoms with van der Waals surface area (Å²) in [5, 5.41) is 3.42. The SMILES string of the molecule is COC(=O)c1ccc2c(C3CCCCC3)c(-c3cccs3)n(C)c2c1. The van der Waals surface area contributed by atoms with Crippen LogP contribution in [-0.4, -0.2) is 17.6 Å². The Morgan fingerprint density at radius 1 is 1.20 bits per heavy atom. The fraction of sp³-hybridized carbons (Fsp3) is 0.381. The zero-order valence-electron chi connectivity index (χ0n) is 14.7. The molecule has 3 nitrogen and oxygen atoms in total. The number of hydrogen-bond donors (Lipinski definition) is 0. The maximum atomic E-state index is 12.0. The van der Waals surface area contributed by atoms with Crippen molar-refractivity contribution in [1.29, 1.82) is 0 Å². The van der Waals surface area contributed by atoms with Gasteiger partial charge in [-0.15, -0.1) is 11.3 Å². The van der Waals surface area contributed by atoms with Gasteiger partial charge in [0.2, 0.25) is 0 Å². The van der Waals surface area contributed by atoms with Crippen molar-refractivity contribution < 1.29 is 9.53 Å². The van der Waals surface area contributed by atoms with Crippen molar-refractivity contribution in [3.8, 4) is 10.6 Å². The summed E-state index contributed by atoms with van der Waals surface area (Å²) in [5.41, 5.74) is 4.52. The molecule has 0 atom stereocenters. The van der Waals surface area contributed by atoms with Crippen molar-refractivity contribution in [2.24, 2.45) is 7.05 Å². The zero-order valence-corrected chi connectivity index (χ0v) is 15.6. The summed E-state index contributed by atoms with van der Waals surface area (Å²) in [7, 11) is 3.55. The van der Waals surface area contributed by atoms with Gasteiger partial charge in [-0.25, -0.2) is 4.79 Å². The topological polar surface area (TPSA) is 31.2 Å². The summed E-state index contributed by atoms with van der Waals surface area (Å²) < 4.78 is 7.17. The molecule has 0 amide bonds. The summed E-state index contributed by atoms with van der Waals surface area (Å²) in [6.07, 6.45) is 6.49. The van der Waals surface area contributed by atoms with Crippen LogP contribution < -0.4 is 0 Å². The third-order valence-corrected chi connectivity index (χ3v) is 6.31. The standard InChI is InChI=1S/C21H23NO2S/c1-22-17-13-15(21(23)24-2)10-11-16(17)19(14-7-4-3-5-8-14)20(22)18-9-6-12-25-18/h6,9-14H,3-5,7-8H2,1-2H3. The third-order valence-electron chi connectivity index (χ3n) is 5.43. The average molecular weight is 353 g/mol. The molecule has 1 aromatic carbocycles. The number of nitrogens with zero attached hydrogens (tertiary/aromatic N) is 1. The van der Waals surface area contributed by atoms with Crippen LogP contribution in [-0.2, 0) is 11.8 Å². The monoisotopic (exact) mass is 353 g/mol. The van der Waals surface area contributed by atoms with Crippen LogP contribution in [0, 0.1) is 0 Å². The Labute approximate surface area is 152 Å². The number of fused-ring (bicyclic) bond motifs is 1. The summed E-state index contributed by atoms with van der Waals surface area (Å²) in [5.74, 6) is 0.332. The predicted octanol–water partition coefficient (Wildman–Crippen LogP) is 5.74. The molecule has 130 valence electrons. The molecular formula is C21H23NO2S. The van der Waals surface area contributed by atoms with Gasteiger partial charge in [0.05, 0.1) is 23.2 Å². The van der Waals surface area contributed by atoms with Crippen LogP contribution in [0.4, 0.5) is 0 Å². The average Bonchev–Trinajstić information content (AvgIpc) is 3.28. The highest BCUT2D eigenvalue weighted by atomic mass is 32.1. The highest BCUT2D eigenvalue weighted by Gasteiger charge is 2.26. The molecule has 0 aliphatic heterocycles. The summed E-state index contributed by atoms with van der Waals surface area (Å²) in [4.78, 5) is 13.3. The Morgan fingerprint density at radius 2 is 2.00 bits per heavy atom. The fourth-order valence-electron chi connectivity index (χ4n) is 4.23. The Kier molecular flexibility index (Phi) is 4.38. The Balaban J connectivity index is 1.96. The van der Waals surface area contributed by atoms with E-state index in [1.807, 2.05) is 12.1 Å². The van der Waals surface area contributed by atoms with Gasteiger partial charge in [-0.1, -0.05) is 31.4 Å². The van der Waals surface area contributed by atoms with E-state index in [1.54, 1.807) is 11.3 Å². The summed E-state index contributed by atoms with van der Waals surface area (Å²) in [6.45, 7) is 0. The van der Waals surface area contributed by atoms with Crippen LogP contribution in [0.15, 0.2) is 35.7 Å². The van der Waals surface area contributed by atoms with Gasteiger partial charge in [0.1, 0.15) is 0 Å². The molecular weight excluding hydrogens is 330 g/mol. The number of aryl methyl sites for hydroxylation is 1. The van der Waals surface area contributed by atoms with Gasteiger partial charge in [0.25, 0.3) is 0 Å². The zero-order chi connectivity index (χ0) is 17.4. The molecule has 25 heavy (non-hydrogen) atoms. The normalized spacial score (nSPS) is 15.6. The lowest BCUT2D eigenvalue weighted by molar-refractivity contribution is 0.0601. The molecule has 3 aromatic rings. The minimum absolute atomic E-state index is 0.278. The second-order valence-corrected chi connectivity index (χ2v) is 7.80. The van der Waals surface area contributed by atoms with Gasteiger partial charge in [0.15, 0.2) is 0 Å². The number of benzene rings is 1. The van der Waals surface area contributed by atoms with Crippen molar-refractivity contribution in [1.82, 2.24) is 4.57 Å². The second-order valence-electron chi connectivity index (χ2n) is 6.86. The maximum Gasteiger partial charge on any atom is 0.337 e. The van der Waals surface area contributed by atoms with E-state index < -0.39 is 0 Å². The summed E-state index contributed by atoms with van der Waals surface area (Å²) >= 11 is 1.79. The number of ether oxygens (including phenoxy) is 1. The lowest BCUT2D eigenvalue weighted by atomic mass is 9.82. The molecule has 1 saturated carbocycles. The van der Waals surface area contributed by atoms with Gasteiger partial charge >= 0.3 is 5.97 Å². The number of carbonyl (C=O) groups excluding carboxylic acids is 1. The quantitative estimate of drug-likeness (QED) is 0.562. The molecule has 1 aliphatic carbocycles. The van der Waals surface area contributed by atoms with Crippen LogP contribution in [0.3, 0.4) is 0 Å². The Morgan fingerprint density at radius 3 is 2.68 bits per heavy atom. The van der Waals surface area contributed by atoms with Gasteiger partial charge in [0, 0.05) is 18.0 Å². The van der Waals surface area contributed by atoms with Gasteiger partial charge < -0.3 is 9.30 Å². The molecule has 0 bridgehead atoms. The molecule has 4 rings (SSSR count). The van der Waals surface area contributed by atoms with Crippen molar-refractivity contribution in [3.63, 3.8) is 0 Å². The highest BCUT2D eigenvalue weighted by molar-refractivity contribution is 7.13. The number of aromatic nitrogens is 1. The van der Waals surface area contributed by atoms with Crippen LogP contribution in [0.25, 0.3) is 21.5 Å². The van der Waals surface area contributed by atoms with E-state index in [0.29, 0.717) is 11.5 Å². The minimum atomic E-state index is -0.278. The van der Waals surface area contributed by atoms with E-state index >= 15 is 0 Å². The lowest BCUT2D eigenvalue weighted by Gasteiger charge is -2.23. The molecule has 0 unspecified atom stereocenters. The molecule has 1 aliphatic rings. The van der Waals surface area contributed by atoms with Gasteiger partial charge in [-0.3, -0.25) is 0 Å². The predicted molar refractivity (Wildman–Crippen MR) is 103 cm³/mol. The van der Waals surface area contributed by atoms with Crippen molar-refractivity contribution in [2.45, 2.75) is 38.0 Å². The van der Waals surface area contributed by atoms with Gasteiger partial charge in [-0.05, 0) is 47.9 Å². The van der Waals surface area contributed by atoms with E-state index in [9.17, 15) is 4.79 Å². The summed E-state index contributed by atoms with van der Waals surface area (Å²) in [6, 6.07) is 10.3. The Hall–Kier alpha value is -2.07. The number of carbonyl (C=O) groups is 1. The molecule has 2 heterocycles. The fourth-order valence-corrected chi connectivity index (χ4v) is 5.05. The second kappa shape index (κ2) is 6.68. The molecule has 0 spiro atoms. The Bertz CT molecular complexity index is 902.